The number of anilines is 2. The Bertz CT molecular complexity index is 1080. The molecule has 1 atom stereocenters. The molecule has 32 heavy (non-hydrogen) atoms. The fourth-order valence-electron chi connectivity index (χ4n) is 2.95. The van der Waals surface area contributed by atoms with E-state index in [1.165, 1.54) is 26.0 Å². The first-order valence-electron chi connectivity index (χ1n) is 9.76. The van der Waals surface area contributed by atoms with Gasteiger partial charge in [0.2, 0.25) is 5.91 Å². The van der Waals surface area contributed by atoms with Crippen molar-refractivity contribution < 1.29 is 19.1 Å². The highest BCUT2D eigenvalue weighted by atomic mass is 79.9. The first kappa shape index (κ1) is 23.7. The number of rotatable bonds is 8. The average Bonchev–Trinajstić information content (AvgIpc) is 2.80. The molecular formula is C24H23BrN2O4S. The molecule has 0 fully saturated rings. The molecule has 0 heterocycles. The van der Waals surface area contributed by atoms with Gasteiger partial charge in [-0.1, -0.05) is 28.1 Å². The molecule has 0 saturated carbocycles. The number of amides is 2. The summed E-state index contributed by atoms with van der Waals surface area (Å²) in [5.74, 6) is 0.393. The van der Waals surface area contributed by atoms with Crippen molar-refractivity contribution in [2.45, 2.75) is 17.1 Å². The minimum Gasteiger partial charge on any atom is -0.496 e. The number of methoxy groups -OCH3 is 2. The fraction of sp³-hybridized carbons (Fsp3) is 0.167. The predicted octanol–water partition coefficient (Wildman–Crippen LogP) is 5.84. The van der Waals surface area contributed by atoms with Crippen molar-refractivity contribution >= 4 is 50.9 Å². The van der Waals surface area contributed by atoms with Gasteiger partial charge in [0.05, 0.1) is 19.5 Å². The molecular weight excluding hydrogens is 492 g/mol. The summed E-state index contributed by atoms with van der Waals surface area (Å²) in [6.45, 7) is 1.84. The molecule has 1 unspecified atom stereocenters. The molecule has 2 N–H and O–H groups in total. The van der Waals surface area contributed by atoms with Crippen molar-refractivity contribution in [2.24, 2.45) is 0 Å². The van der Waals surface area contributed by atoms with Crippen molar-refractivity contribution in [3.8, 4) is 11.5 Å². The van der Waals surface area contributed by atoms with E-state index in [2.05, 4.69) is 26.6 Å². The molecule has 6 nitrogen and oxygen atoms in total. The number of hydrogen-bond acceptors (Lipinski definition) is 5. The number of ether oxygens (including phenoxy) is 2. The second kappa shape index (κ2) is 11.1. The van der Waals surface area contributed by atoms with E-state index >= 15 is 0 Å². The molecule has 3 rings (SSSR count). The van der Waals surface area contributed by atoms with E-state index in [0.29, 0.717) is 22.7 Å². The number of halogens is 1. The van der Waals surface area contributed by atoms with Crippen LogP contribution in [0.1, 0.15) is 17.3 Å². The van der Waals surface area contributed by atoms with Crippen molar-refractivity contribution in [3.63, 3.8) is 0 Å². The second-order valence-electron chi connectivity index (χ2n) is 6.78. The van der Waals surface area contributed by atoms with Crippen LogP contribution in [0.3, 0.4) is 0 Å². The minimum absolute atomic E-state index is 0.106. The maximum absolute atomic E-state index is 12.9. The standard InChI is InChI=1S/C24H23BrN2O4S/c1-15(23(28)26-17-12-10-16(25)11-13-17)32-19-7-4-6-18(14-19)27-24(29)22-20(30-2)8-5-9-21(22)31-3/h4-15H,1-3H3,(H,26,28)(H,27,29). The highest BCUT2D eigenvalue weighted by Gasteiger charge is 2.19. The Morgan fingerprint density at radius 2 is 1.50 bits per heavy atom. The van der Waals surface area contributed by atoms with E-state index in [4.69, 9.17) is 9.47 Å². The van der Waals surface area contributed by atoms with Crippen LogP contribution < -0.4 is 20.1 Å². The molecule has 0 aliphatic heterocycles. The van der Waals surface area contributed by atoms with Gasteiger partial charge >= 0.3 is 0 Å². The highest BCUT2D eigenvalue weighted by molar-refractivity contribution is 9.10. The number of hydrogen-bond donors (Lipinski definition) is 2. The second-order valence-corrected chi connectivity index (χ2v) is 9.11. The molecule has 0 aromatic heterocycles. The molecule has 0 bridgehead atoms. The van der Waals surface area contributed by atoms with Gasteiger partial charge in [-0.2, -0.15) is 0 Å². The number of thioether (sulfide) groups is 1. The lowest BCUT2D eigenvalue weighted by molar-refractivity contribution is -0.115. The van der Waals surface area contributed by atoms with Gasteiger partial charge in [-0.25, -0.2) is 0 Å². The van der Waals surface area contributed by atoms with Crippen LogP contribution in [0.5, 0.6) is 11.5 Å². The van der Waals surface area contributed by atoms with Crippen molar-refractivity contribution in [3.05, 3.63) is 76.8 Å². The Morgan fingerprint density at radius 1 is 0.875 bits per heavy atom. The maximum Gasteiger partial charge on any atom is 0.263 e. The molecule has 0 aliphatic rings. The van der Waals surface area contributed by atoms with E-state index in [-0.39, 0.29) is 17.1 Å². The van der Waals surface area contributed by atoms with Crippen LogP contribution in [0.15, 0.2) is 76.1 Å². The summed E-state index contributed by atoms with van der Waals surface area (Å²) in [6, 6.07) is 19.9. The molecule has 0 aliphatic carbocycles. The topological polar surface area (TPSA) is 76.7 Å². The van der Waals surface area contributed by atoms with E-state index in [0.717, 1.165) is 15.1 Å². The molecule has 8 heteroatoms. The molecule has 0 saturated heterocycles. The Hall–Kier alpha value is -2.97. The zero-order valence-corrected chi connectivity index (χ0v) is 20.2. The summed E-state index contributed by atoms with van der Waals surface area (Å²) >= 11 is 4.78. The van der Waals surface area contributed by atoms with Gasteiger partial charge in [-0.15, -0.1) is 11.8 Å². The van der Waals surface area contributed by atoms with Crippen LogP contribution in [0.4, 0.5) is 11.4 Å². The molecule has 0 radical (unpaired) electrons. The molecule has 3 aromatic carbocycles. The van der Waals surface area contributed by atoms with Crippen molar-refractivity contribution in [1.29, 1.82) is 0 Å². The van der Waals surface area contributed by atoms with Gasteiger partial charge < -0.3 is 20.1 Å². The highest BCUT2D eigenvalue weighted by Crippen LogP contribution is 2.30. The molecule has 166 valence electrons. The number of benzene rings is 3. The van der Waals surface area contributed by atoms with Gasteiger partial charge in [0.15, 0.2) is 0 Å². The normalized spacial score (nSPS) is 11.4. The third-order valence-corrected chi connectivity index (χ3v) is 6.16. The van der Waals surface area contributed by atoms with Crippen LogP contribution in [-0.4, -0.2) is 31.3 Å². The summed E-state index contributed by atoms with van der Waals surface area (Å²) < 4.78 is 11.6. The van der Waals surface area contributed by atoms with Gasteiger partial charge in [-0.3, -0.25) is 9.59 Å². The summed E-state index contributed by atoms with van der Waals surface area (Å²) in [7, 11) is 3.01. The molecule has 0 spiro atoms. The summed E-state index contributed by atoms with van der Waals surface area (Å²) in [4.78, 5) is 26.3. The number of carbonyl (C=O) groups excluding carboxylic acids is 2. The zero-order valence-electron chi connectivity index (χ0n) is 17.8. The van der Waals surface area contributed by atoms with Gasteiger partial charge in [0.25, 0.3) is 5.91 Å². The first-order chi connectivity index (χ1) is 15.4. The van der Waals surface area contributed by atoms with Crippen LogP contribution in [0, 0.1) is 0 Å². The Morgan fingerprint density at radius 3 is 2.12 bits per heavy atom. The Balaban J connectivity index is 1.68. The summed E-state index contributed by atoms with van der Waals surface area (Å²) in [5.41, 5.74) is 1.66. The van der Waals surface area contributed by atoms with Crippen molar-refractivity contribution in [1.82, 2.24) is 0 Å². The van der Waals surface area contributed by atoms with Crippen LogP contribution >= 0.6 is 27.7 Å². The number of nitrogens with one attached hydrogen (secondary N) is 2. The SMILES string of the molecule is COc1cccc(OC)c1C(=O)Nc1cccc(SC(C)C(=O)Nc2ccc(Br)cc2)c1. The zero-order chi connectivity index (χ0) is 23.1. The quantitative estimate of drug-likeness (QED) is 0.369. The molecule has 2 amide bonds. The van der Waals surface area contributed by atoms with Crippen LogP contribution in [-0.2, 0) is 4.79 Å². The Labute approximate surface area is 199 Å². The van der Waals surface area contributed by atoms with Gasteiger partial charge in [-0.05, 0) is 61.5 Å². The predicted molar refractivity (Wildman–Crippen MR) is 132 cm³/mol. The molecule has 3 aromatic rings. The van der Waals surface area contributed by atoms with E-state index in [1.807, 2.05) is 49.4 Å². The lowest BCUT2D eigenvalue weighted by atomic mass is 10.1. The van der Waals surface area contributed by atoms with E-state index < -0.39 is 0 Å². The lowest BCUT2D eigenvalue weighted by Gasteiger charge is -2.14. The van der Waals surface area contributed by atoms with E-state index in [1.54, 1.807) is 24.3 Å². The smallest absolute Gasteiger partial charge is 0.263 e. The minimum atomic E-state index is -0.345. The maximum atomic E-state index is 12.9. The lowest BCUT2D eigenvalue weighted by Crippen LogP contribution is -2.22. The van der Waals surface area contributed by atoms with E-state index in [9.17, 15) is 9.59 Å². The Kier molecular flexibility index (Phi) is 8.19. The largest absolute Gasteiger partial charge is 0.496 e. The average molecular weight is 515 g/mol. The van der Waals surface area contributed by atoms with Crippen molar-refractivity contribution in [2.75, 3.05) is 24.9 Å². The van der Waals surface area contributed by atoms with Crippen LogP contribution in [0.2, 0.25) is 0 Å². The third kappa shape index (κ3) is 6.05. The first-order valence-corrected chi connectivity index (χ1v) is 11.4. The fourth-order valence-corrected chi connectivity index (χ4v) is 4.14. The third-order valence-electron chi connectivity index (χ3n) is 4.54. The summed E-state index contributed by atoms with van der Waals surface area (Å²) in [6.07, 6.45) is 0. The van der Waals surface area contributed by atoms with Crippen LogP contribution in [0.25, 0.3) is 0 Å². The monoisotopic (exact) mass is 514 g/mol. The summed E-state index contributed by atoms with van der Waals surface area (Å²) in [5, 5.41) is 5.45. The van der Waals surface area contributed by atoms with Gasteiger partial charge in [0.1, 0.15) is 17.1 Å². The van der Waals surface area contributed by atoms with Gasteiger partial charge in [0, 0.05) is 20.7 Å². The number of carbonyl (C=O) groups is 2.